The summed E-state index contributed by atoms with van der Waals surface area (Å²) in [6, 6.07) is 9.21. The van der Waals surface area contributed by atoms with Crippen LogP contribution in [0.25, 0.3) is 11.7 Å². The second kappa shape index (κ2) is 7.72. The van der Waals surface area contributed by atoms with Gasteiger partial charge in [-0.3, -0.25) is 4.79 Å². The minimum Gasteiger partial charge on any atom is -0.352 e. The number of nitrogens with zero attached hydrogens (tertiary/aromatic N) is 2. The van der Waals surface area contributed by atoms with Gasteiger partial charge in [-0.2, -0.15) is 0 Å². The van der Waals surface area contributed by atoms with E-state index in [0.29, 0.717) is 23.0 Å². The fraction of sp³-hybridized carbons (Fsp3) is 0.158. The Kier molecular flexibility index (Phi) is 5.41. The molecule has 0 saturated heterocycles. The monoisotopic (exact) mass is 373 g/mol. The van der Waals surface area contributed by atoms with Crippen molar-refractivity contribution >= 4 is 40.8 Å². The maximum absolute atomic E-state index is 11.9. The molecule has 0 aliphatic carbocycles. The third-order valence-corrected chi connectivity index (χ3v) is 4.29. The lowest BCUT2D eigenvalue weighted by Gasteiger charge is -2.01. The van der Waals surface area contributed by atoms with E-state index in [4.69, 9.17) is 23.2 Å². The SMILES string of the molecule is Cc1ccn2cc(CCNC(=O)/C=C/c3ccc(Cl)cc3Cl)nc2c1. The first-order chi connectivity index (χ1) is 12.0. The number of pyridine rings is 1. The Labute approximate surface area is 156 Å². The van der Waals surface area contributed by atoms with Gasteiger partial charge in [0.15, 0.2) is 0 Å². The van der Waals surface area contributed by atoms with Crippen LogP contribution in [0.4, 0.5) is 0 Å². The first-order valence-corrected chi connectivity index (χ1v) is 8.62. The third-order valence-electron chi connectivity index (χ3n) is 3.72. The van der Waals surface area contributed by atoms with E-state index in [9.17, 15) is 4.79 Å². The van der Waals surface area contributed by atoms with Crippen molar-refractivity contribution in [2.75, 3.05) is 6.54 Å². The van der Waals surface area contributed by atoms with Gasteiger partial charge < -0.3 is 9.72 Å². The number of benzene rings is 1. The first-order valence-electron chi connectivity index (χ1n) is 7.86. The van der Waals surface area contributed by atoms with Crippen molar-refractivity contribution in [1.29, 1.82) is 0 Å². The van der Waals surface area contributed by atoms with E-state index in [1.807, 2.05) is 35.9 Å². The van der Waals surface area contributed by atoms with E-state index >= 15 is 0 Å². The van der Waals surface area contributed by atoms with Gasteiger partial charge in [-0.05, 0) is 48.4 Å². The molecule has 0 bridgehead atoms. The predicted molar refractivity (Wildman–Crippen MR) is 102 cm³/mol. The summed E-state index contributed by atoms with van der Waals surface area (Å²) in [5, 5.41) is 3.92. The van der Waals surface area contributed by atoms with E-state index in [-0.39, 0.29) is 5.91 Å². The molecule has 0 spiro atoms. The van der Waals surface area contributed by atoms with Crippen LogP contribution >= 0.6 is 23.2 Å². The number of hydrogen-bond acceptors (Lipinski definition) is 2. The van der Waals surface area contributed by atoms with Crippen LogP contribution in [0.2, 0.25) is 10.0 Å². The van der Waals surface area contributed by atoms with Crippen LogP contribution in [0, 0.1) is 6.92 Å². The number of aryl methyl sites for hydroxylation is 1. The summed E-state index contributed by atoms with van der Waals surface area (Å²) >= 11 is 11.9. The molecule has 1 aromatic carbocycles. The molecule has 0 fully saturated rings. The van der Waals surface area contributed by atoms with Crippen molar-refractivity contribution in [2.24, 2.45) is 0 Å². The van der Waals surface area contributed by atoms with Gasteiger partial charge in [0.25, 0.3) is 0 Å². The van der Waals surface area contributed by atoms with Crippen molar-refractivity contribution in [1.82, 2.24) is 14.7 Å². The van der Waals surface area contributed by atoms with Crippen LogP contribution in [-0.4, -0.2) is 21.8 Å². The smallest absolute Gasteiger partial charge is 0.244 e. The van der Waals surface area contributed by atoms with E-state index in [1.54, 1.807) is 24.3 Å². The standard InChI is InChI=1S/C19H17Cl2N3O/c1-13-7-9-24-12-16(23-18(24)10-13)6-8-22-19(25)5-3-14-2-4-15(20)11-17(14)21/h2-5,7,9-12H,6,8H2,1H3,(H,22,25)/b5-3+. The summed E-state index contributed by atoms with van der Waals surface area (Å²) in [5.41, 5.74) is 3.77. The van der Waals surface area contributed by atoms with Crippen LogP contribution in [0.1, 0.15) is 16.8 Å². The zero-order valence-electron chi connectivity index (χ0n) is 13.7. The number of nitrogens with one attached hydrogen (secondary N) is 1. The number of carbonyl (C=O) groups excluding carboxylic acids is 1. The number of fused-ring (bicyclic) bond motifs is 1. The zero-order valence-corrected chi connectivity index (χ0v) is 15.2. The molecule has 0 radical (unpaired) electrons. The zero-order chi connectivity index (χ0) is 17.8. The molecule has 2 heterocycles. The number of carbonyl (C=O) groups is 1. The number of imidazole rings is 1. The number of amides is 1. The number of aromatic nitrogens is 2. The van der Waals surface area contributed by atoms with Crippen molar-refractivity contribution in [3.63, 3.8) is 0 Å². The van der Waals surface area contributed by atoms with Crippen LogP contribution in [-0.2, 0) is 11.2 Å². The van der Waals surface area contributed by atoms with Gasteiger partial charge in [0.1, 0.15) is 5.65 Å². The lowest BCUT2D eigenvalue weighted by atomic mass is 10.2. The van der Waals surface area contributed by atoms with E-state index in [2.05, 4.69) is 10.3 Å². The Balaban J connectivity index is 1.54. The number of hydrogen-bond donors (Lipinski definition) is 1. The summed E-state index contributed by atoms with van der Waals surface area (Å²) in [6.45, 7) is 2.55. The quantitative estimate of drug-likeness (QED) is 0.676. The molecule has 4 nitrogen and oxygen atoms in total. The molecule has 128 valence electrons. The molecule has 0 aliphatic heterocycles. The van der Waals surface area contributed by atoms with Gasteiger partial charge in [0, 0.05) is 41.5 Å². The normalized spacial score (nSPS) is 11.3. The maximum atomic E-state index is 11.9. The van der Waals surface area contributed by atoms with E-state index < -0.39 is 0 Å². The number of rotatable bonds is 5. The van der Waals surface area contributed by atoms with E-state index in [0.717, 1.165) is 16.9 Å². The summed E-state index contributed by atoms with van der Waals surface area (Å²) < 4.78 is 1.98. The average Bonchev–Trinajstić information content (AvgIpc) is 2.95. The van der Waals surface area contributed by atoms with Crippen molar-refractivity contribution in [2.45, 2.75) is 13.3 Å². The molecule has 0 aliphatic rings. The molecule has 25 heavy (non-hydrogen) atoms. The minimum atomic E-state index is -0.175. The molecular weight excluding hydrogens is 357 g/mol. The highest BCUT2D eigenvalue weighted by Gasteiger charge is 2.03. The maximum Gasteiger partial charge on any atom is 0.244 e. The highest BCUT2D eigenvalue weighted by atomic mass is 35.5. The molecule has 2 aromatic heterocycles. The minimum absolute atomic E-state index is 0.175. The Morgan fingerprint density at radius 2 is 2.12 bits per heavy atom. The largest absolute Gasteiger partial charge is 0.352 e. The molecule has 1 amide bonds. The predicted octanol–water partition coefficient (Wildman–Crippen LogP) is 4.32. The number of halogens is 2. The fourth-order valence-corrected chi connectivity index (χ4v) is 2.90. The highest BCUT2D eigenvalue weighted by molar-refractivity contribution is 6.35. The summed E-state index contributed by atoms with van der Waals surface area (Å²) in [4.78, 5) is 16.5. The molecular formula is C19H17Cl2N3O. The average molecular weight is 374 g/mol. The first kappa shape index (κ1) is 17.5. The molecule has 3 rings (SSSR count). The summed E-state index contributed by atoms with van der Waals surface area (Å²) in [5.74, 6) is -0.175. The Morgan fingerprint density at radius 1 is 1.28 bits per heavy atom. The summed E-state index contributed by atoms with van der Waals surface area (Å²) in [6.07, 6.45) is 7.76. The molecule has 0 saturated carbocycles. The fourth-order valence-electron chi connectivity index (χ4n) is 2.43. The van der Waals surface area contributed by atoms with Crippen molar-refractivity contribution in [3.05, 3.63) is 75.7 Å². The lowest BCUT2D eigenvalue weighted by molar-refractivity contribution is -0.116. The van der Waals surface area contributed by atoms with E-state index in [1.165, 1.54) is 11.6 Å². The van der Waals surface area contributed by atoms with Crippen molar-refractivity contribution in [3.8, 4) is 0 Å². The van der Waals surface area contributed by atoms with Crippen molar-refractivity contribution < 1.29 is 4.79 Å². The van der Waals surface area contributed by atoms with Crippen LogP contribution < -0.4 is 5.32 Å². The van der Waals surface area contributed by atoms with Gasteiger partial charge in [0.2, 0.25) is 5.91 Å². The molecule has 0 atom stereocenters. The van der Waals surface area contributed by atoms with Gasteiger partial charge in [-0.25, -0.2) is 4.98 Å². The van der Waals surface area contributed by atoms with Crippen LogP contribution in [0.3, 0.4) is 0 Å². The van der Waals surface area contributed by atoms with Gasteiger partial charge in [0.05, 0.1) is 5.69 Å². The Morgan fingerprint density at radius 3 is 2.92 bits per heavy atom. The second-order valence-electron chi connectivity index (χ2n) is 5.74. The molecule has 6 heteroatoms. The van der Waals surface area contributed by atoms with Crippen LogP contribution in [0.15, 0.2) is 48.8 Å². The Hall–Kier alpha value is -2.30. The molecule has 0 unspecified atom stereocenters. The molecule has 1 N–H and O–H groups in total. The summed E-state index contributed by atoms with van der Waals surface area (Å²) in [7, 11) is 0. The second-order valence-corrected chi connectivity index (χ2v) is 6.59. The van der Waals surface area contributed by atoms with Crippen LogP contribution in [0.5, 0.6) is 0 Å². The topological polar surface area (TPSA) is 46.4 Å². The van der Waals surface area contributed by atoms with Gasteiger partial charge in [-0.1, -0.05) is 29.3 Å². The highest BCUT2D eigenvalue weighted by Crippen LogP contribution is 2.21. The molecule has 3 aromatic rings. The van der Waals surface area contributed by atoms with Gasteiger partial charge >= 0.3 is 0 Å². The Bertz CT molecular complexity index is 947. The lowest BCUT2D eigenvalue weighted by Crippen LogP contribution is -2.23. The van der Waals surface area contributed by atoms with Gasteiger partial charge in [-0.15, -0.1) is 0 Å². The third kappa shape index (κ3) is 4.62.